The van der Waals surface area contributed by atoms with E-state index in [1.165, 1.54) is 5.69 Å². The van der Waals surface area contributed by atoms with Gasteiger partial charge in [-0.25, -0.2) is 0 Å². The van der Waals surface area contributed by atoms with Crippen LogP contribution in [0.15, 0.2) is 18.5 Å². The highest BCUT2D eigenvalue weighted by atomic mass is 15.3. The number of hydrogen-bond acceptors (Lipinski definition) is 6. The number of fused-ring (bicyclic) bond motifs is 1. The first-order valence-corrected chi connectivity index (χ1v) is 7.81. The SMILES string of the molecule is Cn1nccc1C1CCCN(c2nc(N)c3cnn(C)c3n2)C1. The Labute approximate surface area is 133 Å². The lowest BCUT2D eigenvalue weighted by Crippen LogP contribution is -2.36. The highest BCUT2D eigenvalue weighted by Gasteiger charge is 2.25. The molecule has 4 rings (SSSR count). The van der Waals surface area contributed by atoms with Crippen molar-refractivity contribution in [1.82, 2.24) is 29.5 Å². The number of nitrogens with zero attached hydrogens (tertiary/aromatic N) is 7. The van der Waals surface area contributed by atoms with Crippen LogP contribution in [0.3, 0.4) is 0 Å². The molecule has 0 spiro atoms. The van der Waals surface area contributed by atoms with Crippen LogP contribution in [-0.4, -0.2) is 42.6 Å². The van der Waals surface area contributed by atoms with Crippen LogP contribution in [0.5, 0.6) is 0 Å². The smallest absolute Gasteiger partial charge is 0.229 e. The number of nitrogens with two attached hydrogens (primary N) is 1. The van der Waals surface area contributed by atoms with Crippen LogP contribution in [-0.2, 0) is 14.1 Å². The summed E-state index contributed by atoms with van der Waals surface area (Å²) in [6.45, 7) is 1.82. The van der Waals surface area contributed by atoms with Gasteiger partial charge in [0, 0.05) is 45.0 Å². The minimum atomic E-state index is 0.434. The molecule has 0 saturated carbocycles. The van der Waals surface area contributed by atoms with E-state index in [2.05, 4.69) is 31.1 Å². The molecule has 1 aliphatic rings. The number of piperidine rings is 1. The molecule has 1 atom stereocenters. The largest absolute Gasteiger partial charge is 0.383 e. The van der Waals surface area contributed by atoms with Gasteiger partial charge in [0.25, 0.3) is 0 Å². The van der Waals surface area contributed by atoms with Gasteiger partial charge in [-0.05, 0) is 18.9 Å². The van der Waals surface area contributed by atoms with Crippen LogP contribution in [0.1, 0.15) is 24.5 Å². The van der Waals surface area contributed by atoms with Crippen molar-refractivity contribution in [2.45, 2.75) is 18.8 Å². The molecule has 120 valence electrons. The Bertz CT molecular complexity index is 848. The maximum absolute atomic E-state index is 6.09. The predicted molar refractivity (Wildman–Crippen MR) is 88.1 cm³/mol. The topological polar surface area (TPSA) is 90.7 Å². The fraction of sp³-hybridized carbons (Fsp3) is 0.467. The number of anilines is 2. The molecule has 0 amide bonds. The predicted octanol–water partition coefficient (Wildman–Crippen LogP) is 1.06. The normalized spacial score (nSPS) is 18.7. The first-order valence-electron chi connectivity index (χ1n) is 7.81. The van der Waals surface area contributed by atoms with Gasteiger partial charge in [-0.15, -0.1) is 0 Å². The minimum Gasteiger partial charge on any atom is -0.383 e. The van der Waals surface area contributed by atoms with Crippen LogP contribution >= 0.6 is 0 Å². The van der Waals surface area contributed by atoms with E-state index < -0.39 is 0 Å². The summed E-state index contributed by atoms with van der Waals surface area (Å²) >= 11 is 0. The molecule has 0 aliphatic carbocycles. The summed E-state index contributed by atoms with van der Waals surface area (Å²) in [5.41, 5.74) is 8.11. The van der Waals surface area contributed by atoms with Crippen LogP contribution in [0.4, 0.5) is 11.8 Å². The Hall–Kier alpha value is -2.64. The van der Waals surface area contributed by atoms with E-state index in [1.54, 1.807) is 10.9 Å². The van der Waals surface area contributed by atoms with Gasteiger partial charge in [0.05, 0.1) is 11.6 Å². The molecule has 3 aromatic heterocycles. The molecule has 4 heterocycles. The van der Waals surface area contributed by atoms with Crippen LogP contribution in [0.2, 0.25) is 0 Å². The highest BCUT2D eigenvalue weighted by Crippen LogP contribution is 2.29. The van der Waals surface area contributed by atoms with Gasteiger partial charge >= 0.3 is 0 Å². The summed E-state index contributed by atoms with van der Waals surface area (Å²) in [7, 11) is 3.86. The van der Waals surface area contributed by atoms with Crippen molar-refractivity contribution in [1.29, 1.82) is 0 Å². The van der Waals surface area contributed by atoms with E-state index in [1.807, 2.05) is 25.0 Å². The lowest BCUT2D eigenvalue weighted by atomic mass is 9.95. The average Bonchev–Trinajstić information content (AvgIpc) is 3.14. The van der Waals surface area contributed by atoms with Gasteiger partial charge in [0.2, 0.25) is 5.95 Å². The molecular weight excluding hydrogens is 292 g/mol. The van der Waals surface area contributed by atoms with E-state index in [0.717, 1.165) is 37.0 Å². The van der Waals surface area contributed by atoms with E-state index >= 15 is 0 Å². The molecule has 8 nitrogen and oxygen atoms in total. The molecule has 3 aromatic rings. The molecule has 1 fully saturated rings. The van der Waals surface area contributed by atoms with Gasteiger partial charge in [0.1, 0.15) is 5.82 Å². The minimum absolute atomic E-state index is 0.434. The van der Waals surface area contributed by atoms with Crippen molar-refractivity contribution < 1.29 is 0 Å². The van der Waals surface area contributed by atoms with Crippen molar-refractivity contribution >= 4 is 22.8 Å². The number of rotatable bonds is 2. The van der Waals surface area contributed by atoms with E-state index in [4.69, 9.17) is 5.73 Å². The maximum Gasteiger partial charge on any atom is 0.229 e. The van der Waals surface area contributed by atoms with Gasteiger partial charge in [-0.1, -0.05) is 0 Å². The van der Waals surface area contributed by atoms with Crippen molar-refractivity contribution in [3.8, 4) is 0 Å². The second kappa shape index (κ2) is 5.22. The molecule has 1 saturated heterocycles. The van der Waals surface area contributed by atoms with E-state index in [0.29, 0.717) is 17.7 Å². The number of aromatic nitrogens is 6. The van der Waals surface area contributed by atoms with Crippen LogP contribution < -0.4 is 10.6 Å². The Morgan fingerprint density at radius 2 is 2.04 bits per heavy atom. The lowest BCUT2D eigenvalue weighted by molar-refractivity contribution is 0.478. The maximum atomic E-state index is 6.09. The van der Waals surface area contributed by atoms with E-state index in [-0.39, 0.29) is 0 Å². The quantitative estimate of drug-likeness (QED) is 0.761. The van der Waals surface area contributed by atoms with Gasteiger partial charge in [-0.2, -0.15) is 20.2 Å². The van der Waals surface area contributed by atoms with Crippen LogP contribution in [0, 0.1) is 0 Å². The fourth-order valence-electron chi connectivity index (χ4n) is 3.36. The zero-order valence-electron chi connectivity index (χ0n) is 13.3. The van der Waals surface area contributed by atoms with Crippen LogP contribution in [0.25, 0.3) is 11.0 Å². The van der Waals surface area contributed by atoms with E-state index in [9.17, 15) is 0 Å². The average molecular weight is 312 g/mol. The molecule has 0 aromatic carbocycles. The lowest BCUT2D eigenvalue weighted by Gasteiger charge is -2.32. The zero-order chi connectivity index (χ0) is 16.0. The highest BCUT2D eigenvalue weighted by molar-refractivity contribution is 5.86. The van der Waals surface area contributed by atoms with Gasteiger partial charge < -0.3 is 10.6 Å². The monoisotopic (exact) mass is 312 g/mol. The first-order chi connectivity index (χ1) is 11.1. The third-order valence-corrected chi connectivity index (χ3v) is 4.59. The molecule has 1 aliphatic heterocycles. The standard InChI is InChI=1S/C15H20N8/c1-21-12(5-6-17-21)10-4-3-7-23(9-10)15-19-13(16)11-8-18-22(2)14(11)20-15/h5-6,8,10H,3-4,7,9H2,1-2H3,(H2,16,19,20). The second-order valence-corrected chi connectivity index (χ2v) is 6.08. The number of hydrogen-bond donors (Lipinski definition) is 1. The molecule has 23 heavy (non-hydrogen) atoms. The summed E-state index contributed by atoms with van der Waals surface area (Å²) in [5, 5.41) is 9.30. The summed E-state index contributed by atoms with van der Waals surface area (Å²) in [4.78, 5) is 11.4. The summed E-state index contributed by atoms with van der Waals surface area (Å²) in [5.74, 6) is 1.61. The third-order valence-electron chi connectivity index (χ3n) is 4.59. The number of nitrogen functional groups attached to an aromatic ring is 1. The molecule has 0 radical (unpaired) electrons. The van der Waals surface area contributed by atoms with Crippen molar-refractivity contribution in [3.05, 3.63) is 24.2 Å². The Morgan fingerprint density at radius 1 is 1.17 bits per heavy atom. The molecular formula is C15H20N8. The first kappa shape index (κ1) is 14.0. The Kier molecular flexibility index (Phi) is 3.17. The van der Waals surface area contributed by atoms with Crippen molar-refractivity contribution in [2.24, 2.45) is 14.1 Å². The fourth-order valence-corrected chi connectivity index (χ4v) is 3.36. The molecule has 8 heteroatoms. The second-order valence-electron chi connectivity index (χ2n) is 6.08. The zero-order valence-corrected chi connectivity index (χ0v) is 13.3. The van der Waals surface area contributed by atoms with Crippen molar-refractivity contribution in [2.75, 3.05) is 23.7 Å². The summed E-state index contributed by atoms with van der Waals surface area (Å²) < 4.78 is 3.69. The number of aryl methyl sites for hydroxylation is 2. The third kappa shape index (κ3) is 2.30. The summed E-state index contributed by atoms with van der Waals surface area (Å²) in [6.07, 6.45) is 5.82. The van der Waals surface area contributed by atoms with Gasteiger partial charge in [-0.3, -0.25) is 9.36 Å². The van der Waals surface area contributed by atoms with Crippen molar-refractivity contribution in [3.63, 3.8) is 0 Å². The summed E-state index contributed by atoms with van der Waals surface area (Å²) in [6, 6.07) is 2.09. The molecule has 2 N–H and O–H groups in total. The Morgan fingerprint density at radius 3 is 2.83 bits per heavy atom. The molecule has 0 bridgehead atoms. The Balaban J connectivity index is 1.67. The van der Waals surface area contributed by atoms with Gasteiger partial charge in [0.15, 0.2) is 5.65 Å². The molecule has 1 unspecified atom stereocenters.